The maximum Gasteiger partial charge on any atom is 0.237 e. The summed E-state index contributed by atoms with van der Waals surface area (Å²) in [5, 5.41) is 5.95. The number of hydrogen-bond donors (Lipinski definition) is 1. The molecule has 2 aromatic rings. The number of likely N-dealkylation sites (tertiary alicyclic amines) is 1. The molecule has 0 unspecified atom stereocenters. The van der Waals surface area contributed by atoms with Gasteiger partial charge in [-0.25, -0.2) is 9.97 Å². The molecule has 0 bridgehead atoms. The molecule has 1 fully saturated rings. The number of hydrogen-bond acceptors (Lipinski definition) is 6. The van der Waals surface area contributed by atoms with Crippen molar-refractivity contribution in [2.75, 3.05) is 32.5 Å². The molecule has 0 radical (unpaired) electrons. The van der Waals surface area contributed by atoms with E-state index >= 15 is 0 Å². The molecule has 3 rings (SSSR count). The molecule has 2 aromatic heterocycles. The lowest BCUT2D eigenvalue weighted by Gasteiger charge is -2.26. The first-order valence-corrected chi connectivity index (χ1v) is 8.59. The summed E-state index contributed by atoms with van der Waals surface area (Å²) in [4.78, 5) is 25.2. The minimum Gasteiger partial charge on any atom is -0.333 e. The quantitative estimate of drug-likeness (QED) is 0.912. The second-order valence-corrected chi connectivity index (χ2v) is 6.79. The SMILES string of the molecule is CN(C)CC(=O)N1CCC[C@H]1c1cccc(Nc2nccs2)n1. The van der Waals surface area contributed by atoms with Gasteiger partial charge in [0.15, 0.2) is 5.13 Å². The average Bonchev–Trinajstić information content (AvgIpc) is 3.17. The molecule has 1 atom stereocenters. The Morgan fingerprint density at radius 1 is 1.48 bits per heavy atom. The van der Waals surface area contributed by atoms with Gasteiger partial charge in [0.2, 0.25) is 5.91 Å². The normalized spacial score (nSPS) is 17.7. The van der Waals surface area contributed by atoms with Gasteiger partial charge in [0.25, 0.3) is 0 Å². The zero-order chi connectivity index (χ0) is 16.2. The molecule has 3 heterocycles. The van der Waals surface area contributed by atoms with Crippen LogP contribution in [0.5, 0.6) is 0 Å². The van der Waals surface area contributed by atoms with Crippen LogP contribution in [0.15, 0.2) is 29.8 Å². The minimum absolute atomic E-state index is 0.0699. The largest absolute Gasteiger partial charge is 0.333 e. The highest BCUT2D eigenvalue weighted by atomic mass is 32.1. The zero-order valence-electron chi connectivity index (χ0n) is 13.4. The number of amides is 1. The van der Waals surface area contributed by atoms with Gasteiger partial charge in [0, 0.05) is 18.1 Å². The number of anilines is 2. The molecule has 0 spiro atoms. The number of nitrogens with one attached hydrogen (secondary N) is 1. The van der Waals surface area contributed by atoms with Gasteiger partial charge < -0.3 is 15.1 Å². The third-order valence-corrected chi connectivity index (χ3v) is 4.49. The molecular weight excluding hydrogens is 310 g/mol. The van der Waals surface area contributed by atoms with Crippen molar-refractivity contribution >= 4 is 28.2 Å². The van der Waals surface area contributed by atoms with Crippen LogP contribution in [0.3, 0.4) is 0 Å². The molecule has 0 saturated carbocycles. The number of pyridine rings is 1. The third kappa shape index (κ3) is 3.86. The summed E-state index contributed by atoms with van der Waals surface area (Å²) in [6, 6.07) is 5.97. The number of rotatable bonds is 5. The van der Waals surface area contributed by atoms with Gasteiger partial charge in [0.05, 0.1) is 18.3 Å². The first-order chi connectivity index (χ1) is 11.1. The fourth-order valence-corrected chi connectivity index (χ4v) is 3.37. The van der Waals surface area contributed by atoms with Crippen LogP contribution in [0, 0.1) is 0 Å². The smallest absolute Gasteiger partial charge is 0.237 e. The molecule has 122 valence electrons. The fraction of sp³-hybridized carbons (Fsp3) is 0.438. The second-order valence-electron chi connectivity index (χ2n) is 5.89. The molecule has 1 aliphatic rings. The number of aromatic nitrogens is 2. The Morgan fingerprint density at radius 2 is 2.35 bits per heavy atom. The van der Waals surface area contributed by atoms with Gasteiger partial charge in [-0.2, -0.15) is 0 Å². The predicted molar refractivity (Wildman–Crippen MR) is 91.9 cm³/mol. The van der Waals surface area contributed by atoms with E-state index in [2.05, 4.69) is 15.3 Å². The van der Waals surface area contributed by atoms with E-state index in [0.29, 0.717) is 6.54 Å². The lowest BCUT2D eigenvalue weighted by atomic mass is 10.1. The molecule has 1 aliphatic heterocycles. The summed E-state index contributed by atoms with van der Waals surface area (Å²) in [6.45, 7) is 1.25. The summed E-state index contributed by atoms with van der Waals surface area (Å²) >= 11 is 1.54. The van der Waals surface area contributed by atoms with Crippen LogP contribution in [0.2, 0.25) is 0 Å². The highest BCUT2D eigenvalue weighted by Crippen LogP contribution is 2.31. The predicted octanol–water partition coefficient (Wildman–Crippen LogP) is 2.51. The van der Waals surface area contributed by atoms with Crippen molar-refractivity contribution in [1.82, 2.24) is 19.8 Å². The van der Waals surface area contributed by atoms with Crippen LogP contribution < -0.4 is 5.32 Å². The zero-order valence-corrected chi connectivity index (χ0v) is 14.2. The molecular formula is C16H21N5OS. The molecule has 0 aliphatic carbocycles. The molecule has 6 nitrogen and oxygen atoms in total. The Labute approximate surface area is 140 Å². The Hall–Kier alpha value is -1.99. The van der Waals surface area contributed by atoms with Crippen molar-refractivity contribution in [3.05, 3.63) is 35.5 Å². The van der Waals surface area contributed by atoms with E-state index in [9.17, 15) is 4.79 Å². The van der Waals surface area contributed by atoms with Crippen molar-refractivity contribution in [3.63, 3.8) is 0 Å². The average molecular weight is 331 g/mol. The fourth-order valence-electron chi connectivity index (χ4n) is 2.84. The van der Waals surface area contributed by atoms with E-state index in [4.69, 9.17) is 0 Å². The van der Waals surface area contributed by atoms with E-state index in [1.807, 2.05) is 47.5 Å². The van der Waals surface area contributed by atoms with Crippen LogP contribution in [0.25, 0.3) is 0 Å². The van der Waals surface area contributed by atoms with Gasteiger partial charge in [0.1, 0.15) is 5.82 Å². The van der Waals surface area contributed by atoms with Crippen molar-refractivity contribution < 1.29 is 4.79 Å². The Kier molecular flexibility index (Phi) is 4.88. The highest BCUT2D eigenvalue weighted by molar-refractivity contribution is 7.13. The van der Waals surface area contributed by atoms with Crippen LogP contribution in [-0.4, -0.2) is 52.9 Å². The lowest BCUT2D eigenvalue weighted by Crippen LogP contribution is -2.37. The number of likely N-dealkylation sites (N-methyl/N-ethyl adjacent to an activating group) is 1. The van der Waals surface area contributed by atoms with Crippen LogP contribution >= 0.6 is 11.3 Å². The van der Waals surface area contributed by atoms with E-state index in [1.165, 1.54) is 11.3 Å². The number of nitrogens with zero attached hydrogens (tertiary/aromatic N) is 4. The van der Waals surface area contributed by atoms with Crippen LogP contribution in [0.4, 0.5) is 10.9 Å². The first-order valence-electron chi connectivity index (χ1n) is 7.71. The lowest BCUT2D eigenvalue weighted by molar-refractivity contribution is -0.132. The van der Waals surface area contributed by atoms with Crippen LogP contribution in [0.1, 0.15) is 24.6 Å². The Balaban J connectivity index is 1.76. The standard InChI is InChI=1S/C16H21N5OS/c1-20(2)11-15(22)21-9-4-6-13(21)12-5-3-7-14(18-12)19-16-17-8-10-23-16/h3,5,7-8,10,13H,4,6,9,11H2,1-2H3,(H,17,18,19)/t13-/m0/s1. The summed E-state index contributed by atoms with van der Waals surface area (Å²) in [6.07, 6.45) is 3.75. The Bertz CT molecular complexity index is 658. The number of carbonyl (C=O) groups excluding carboxylic acids is 1. The Morgan fingerprint density at radius 3 is 3.09 bits per heavy atom. The van der Waals surface area contributed by atoms with Gasteiger partial charge >= 0.3 is 0 Å². The second kappa shape index (κ2) is 7.06. The topological polar surface area (TPSA) is 61.4 Å². The molecule has 23 heavy (non-hydrogen) atoms. The number of carbonyl (C=O) groups is 1. The summed E-state index contributed by atoms with van der Waals surface area (Å²) in [5.41, 5.74) is 0.941. The first kappa shape index (κ1) is 15.9. The summed E-state index contributed by atoms with van der Waals surface area (Å²) in [7, 11) is 3.83. The monoisotopic (exact) mass is 331 g/mol. The minimum atomic E-state index is 0.0699. The van der Waals surface area contributed by atoms with Crippen molar-refractivity contribution in [3.8, 4) is 0 Å². The highest BCUT2D eigenvalue weighted by Gasteiger charge is 2.30. The maximum absolute atomic E-state index is 12.4. The summed E-state index contributed by atoms with van der Waals surface area (Å²) in [5.74, 6) is 0.932. The maximum atomic E-state index is 12.4. The van der Waals surface area contributed by atoms with Gasteiger partial charge in [-0.05, 0) is 39.1 Å². The van der Waals surface area contributed by atoms with Gasteiger partial charge in [-0.3, -0.25) is 4.79 Å². The number of thiazole rings is 1. The third-order valence-electron chi connectivity index (χ3n) is 3.80. The van der Waals surface area contributed by atoms with E-state index in [-0.39, 0.29) is 11.9 Å². The van der Waals surface area contributed by atoms with E-state index in [0.717, 1.165) is 36.0 Å². The van der Waals surface area contributed by atoms with Crippen molar-refractivity contribution in [1.29, 1.82) is 0 Å². The molecule has 1 amide bonds. The van der Waals surface area contributed by atoms with Crippen molar-refractivity contribution in [2.45, 2.75) is 18.9 Å². The van der Waals surface area contributed by atoms with Crippen LogP contribution in [-0.2, 0) is 4.79 Å². The van der Waals surface area contributed by atoms with Gasteiger partial charge in [-0.15, -0.1) is 11.3 Å². The van der Waals surface area contributed by atoms with Gasteiger partial charge in [-0.1, -0.05) is 6.07 Å². The molecule has 1 N–H and O–H groups in total. The molecule has 7 heteroatoms. The summed E-state index contributed by atoms with van der Waals surface area (Å²) < 4.78 is 0. The van der Waals surface area contributed by atoms with E-state index in [1.54, 1.807) is 6.20 Å². The molecule has 0 aromatic carbocycles. The van der Waals surface area contributed by atoms with Crippen molar-refractivity contribution in [2.24, 2.45) is 0 Å². The molecule has 1 saturated heterocycles. The van der Waals surface area contributed by atoms with E-state index < -0.39 is 0 Å².